The van der Waals surface area contributed by atoms with Gasteiger partial charge in [0, 0.05) is 60.2 Å². The fourth-order valence-corrected chi connectivity index (χ4v) is 17.4. The van der Waals surface area contributed by atoms with E-state index in [1.54, 1.807) is 0 Å². The van der Waals surface area contributed by atoms with Gasteiger partial charge in [0.1, 0.15) is 5.66 Å². The Morgan fingerprint density at radius 2 is 1.47 bits per heavy atom. The van der Waals surface area contributed by atoms with Crippen LogP contribution in [-0.4, -0.2) is 17.2 Å². The molecule has 0 bridgehead atoms. The van der Waals surface area contributed by atoms with Crippen LogP contribution in [0.3, 0.4) is 0 Å². The maximum atomic E-state index is 7.37. The minimum absolute atomic E-state index is 0.168. The van der Waals surface area contributed by atoms with Crippen molar-refractivity contribution in [3.63, 3.8) is 0 Å². The normalized spacial score (nSPS) is 25.0. The first kappa shape index (κ1) is 27.0. The van der Waals surface area contributed by atoms with E-state index in [4.69, 9.17) is 11.8 Å². The lowest BCUT2D eigenvalue weighted by atomic mass is 9.83. The standard InChI is InChI=1S/C39H38N3PS2/c1-38(2)33-32-28(40(38)24-15-7-5-8-16-24)23-29-34-36(32)43(44,35-26-19-11-14-22-31(26)45-37(33)35)30-21-13-12-20-27(30)42(34)39(3,4)41(29)25-17-9-6-10-18-25/h5,7-8,11-16,19-23,25,33H,6,9-10,17-18H2,1-4H3. The number of para-hydroxylation sites is 2. The molecule has 226 valence electrons. The quantitative estimate of drug-likeness (QED) is 0.177. The summed E-state index contributed by atoms with van der Waals surface area (Å²) in [4.78, 5) is 9.74. The summed E-state index contributed by atoms with van der Waals surface area (Å²) in [7, 11) is 0. The summed E-state index contributed by atoms with van der Waals surface area (Å²) in [5.41, 5.74) is 7.93. The SMILES string of the molecule is CC1(C)C2c3sc4ccccc4c3P3(=S)c4ccccc4N4c5c(cc(c2c53)N1c1ccccc1)N(C1CCCCC1)C4(C)C. The summed E-state index contributed by atoms with van der Waals surface area (Å²) in [6.45, 7) is 9.89. The Balaban J connectivity index is 1.40. The fraction of sp³-hybridized carbons (Fsp3) is 0.333. The summed E-state index contributed by atoms with van der Waals surface area (Å²) in [5.74, 6) is 0.246. The largest absolute Gasteiger partial charge is 0.344 e. The Kier molecular flexibility index (Phi) is 5.30. The van der Waals surface area contributed by atoms with Gasteiger partial charge in [0.2, 0.25) is 0 Å². The molecule has 10 rings (SSSR count). The van der Waals surface area contributed by atoms with Gasteiger partial charge in [-0.05, 0) is 76.4 Å². The number of nitrogens with zero attached hydrogens (tertiary/aromatic N) is 3. The van der Waals surface area contributed by atoms with Crippen LogP contribution in [-0.2, 0) is 11.8 Å². The van der Waals surface area contributed by atoms with Crippen molar-refractivity contribution >= 4 is 83.6 Å². The number of hydrogen-bond donors (Lipinski definition) is 0. The molecule has 5 aliphatic rings. The smallest absolute Gasteiger partial charge is 0.112 e. The highest BCUT2D eigenvalue weighted by atomic mass is 32.4. The van der Waals surface area contributed by atoms with Crippen molar-refractivity contribution in [2.75, 3.05) is 14.7 Å². The van der Waals surface area contributed by atoms with Crippen molar-refractivity contribution in [2.24, 2.45) is 0 Å². The summed E-state index contributed by atoms with van der Waals surface area (Å²) in [6, 6.07) is 30.2. The van der Waals surface area contributed by atoms with Gasteiger partial charge in [0.05, 0.1) is 22.6 Å². The zero-order valence-corrected chi connectivity index (χ0v) is 28.9. The topological polar surface area (TPSA) is 9.72 Å². The number of thiophene rings is 1. The van der Waals surface area contributed by atoms with Gasteiger partial charge in [-0.25, -0.2) is 0 Å². The summed E-state index contributed by atoms with van der Waals surface area (Å²) in [5, 5.41) is 5.72. The van der Waals surface area contributed by atoms with Crippen LogP contribution in [0.15, 0.2) is 84.9 Å². The minimum Gasteiger partial charge on any atom is -0.344 e. The van der Waals surface area contributed by atoms with Crippen LogP contribution in [0.25, 0.3) is 10.1 Å². The van der Waals surface area contributed by atoms with Crippen LogP contribution >= 0.6 is 17.4 Å². The molecule has 5 heterocycles. The van der Waals surface area contributed by atoms with Gasteiger partial charge in [0.25, 0.3) is 0 Å². The second-order valence-corrected chi connectivity index (χ2v) is 20.0. The summed E-state index contributed by atoms with van der Waals surface area (Å²) < 4.78 is 1.37. The second-order valence-electron chi connectivity index (χ2n) is 14.7. The lowest BCUT2D eigenvalue weighted by molar-refractivity contribution is 0.354. The highest BCUT2D eigenvalue weighted by Crippen LogP contribution is 2.70. The third-order valence-electron chi connectivity index (χ3n) is 11.6. The highest BCUT2D eigenvalue weighted by molar-refractivity contribution is 8.26. The van der Waals surface area contributed by atoms with E-state index in [1.165, 1.54) is 97.0 Å². The van der Waals surface area contributed by atoms with E-state index in [0.29, 0.717) is 6.04 Å². The molecule has 0 N–H and O–H groups in total. The number of fused-ring (bicyclic) bond motifs is 8. The van der Waals surface area contributed by atoms with Crippen molar-refractivity contribution in [1.82, 2.24) is 0 Å². The molecular formula is C39H38N3PS2. The molecule has 5 aromatic rings. The van der Waals surface area contributed by atoms with Crippen LogP contribution in [0, 0.1) is 0 Å². The molecule has 1 saturated carbocycles. The maximum absolute atomic E-state index is 7.37. The van der Waals surface area contributed by atoms with E-state index in [9.17, 15) is 0 Å². The first-order chi connectivity index (χ1) is 21.8. The van der Waals surface area contributed by atoms with E-state index in [-0.39, 0.29) is 17.1 Å². The fourth-order valence-electron chi connectivity index (χ4n) is 10.0. The van der Waals surface area contributed by atoms with E-state index < -0.39 is 6.04 Å². The van der Waals surface area contributed by atoms with Crippen molar-refractivity contribution < 1.29 is 0 Å². The zero-order valence-electron chi connectivity index (χ0n) is 26.4. The molecule has 1 aliphatic carbocycles. The third-order valence-corrected chi connectivity index (χ3v) is 17.9. The van der Waals surface area contributed by atoms with E-state index >= 15 is 0 Å². The Hall–Kier alpha value is -3.11. The molecule has 2 unspecified atom stereocenters. The lowest BCUT2D eigenvalue weighted by Gasteiger charge is -2.49. The molecule has 2 atom stereocenters. The lowest BCUT2D eigenvalue weighted by Crippen LogP contribution is -2.57. The third kappa shape index (κ3) is 3.12. The Bertz CT molecular complexity index is 2120. The molecule has 4 aliphatic heterocycles. The molecular weight excluding hydrogens is 606 g/mol. The van der Waals surface area contributed by atoms with Crippen LogP contribution in [0.2, 0.25) is 0 Å². The Morgan fingerprint density at radius 3 is 2.27 bits per heavy atom. The number of benzene rings is 4. The van der Waals surface area contributed by atoms with Crippen molar-refractivity contribution in [3.8, 4) is 0 Å². The first-order valence-corrected chi connectivity index (χ1v) is 20.3. The number of anilines is 5. The molecule has 6 heteroatoms. The van der Waals surface area contributed by atoms with Crippen LogP contribution in [0.4, 0.5) is 28.4 Å². The molecule has 0 spiro atoms. The molecule has 1 fully saturated rings. The van der Waals surface area contributed by atoms with E-state index in [0.717, 1.165) is 0 Å². The Morgan fingerprint density at radius 1 is 0.756 bits per heavy atom. The van der Waals surface area contributed by atoms with Crippen molar-refractivity contribution in [3.05, 3.63) is 95.4 Å². The van der Waals surface area contributed by atoms with Gasteiger partial charge >= 0.3 is 0 Å². The average molecular weight is 644 g/mol. The molecule has 0 radical (unpaired) electrons. The predicted molar refractivity (Wildman–Crippen MR) is 198 cm³/mol. The number of rotatable bonds is 2. The van der Waals surface area contributed by atoms with Gasteiger partial charge in [-0.2, -0.15) is 0 Å². The molecule has 45 heavy (non-hydrogen) atoms. The van der Waals surface area contributed by atoms with Crippen LogP contribution in [0.1, 0.15) is 76.2 Å². The van der Waals surface area contributed by atoms with Gasteiger partial charge in [0.15, 0.2) is 0 Å². The van der Waals surface area contributed by atoms with E-state index in [1.807, 2.05) is 11.3 Å². The Labute approximate surface area is 275 Å². The highest BCUT2D eigenvalue weighted by Gasteiger charge is 2.61. The monoisotopic (exact) mass is 643 g/mol. The van der Waals surface area contributed by atoms with Gasteiger partial charge in [-0.1, -0.05) is 85.7 Å². The second kappa shape index (κ2) is 8.82. The van der Waals surface area contributed by atoms with Gasteiger partial charge in [-0.15, -0.1) is 11.3 Å². The molecule has 1 aromatic heterocycles. The molecule has 0 saturated heterocycles. The summed E-state index contributed by atoms with van der Waals surface area (Å²) >= 11 is 9.38. The van der Waals surface area contributed by atoms with Crippen LogP contribution < -0.4 is 30.6 Å². The van der Waals surface area contributed by atoms with Crippen molar-refractivity contribution in [2.45, 2.75) is 83.0 Å². The average Bonchev–Trinajstić information content (AvgIpc) is 3.62. The first-order valence-electron chi connectivity index (χ1n) is 16.6. The maximum Gasteiger partial charge on any atom is 0.112 e. The van der Waals surface area contributed by atoms with Gasteiger partial charge < -0.3 is 14.7 Å². The van der Waals surface area contributed by atoms with Gasteiger partial charge in [-0.3, -0.25) is 0 Å². The predicted octanol–water partition coefficient (Wildman–Crippen LogP) is 9.37. The number of hydrogen-bond acceptors (Lipinski definition) is 5. The summed E-state index contributed by atoms with van der Waals surface area (Å²) in [6.07, 6.45) is 6.50. The molecule has 3 nitrogen and oxygen atoms in total. The van der Waals surface area contributed by atoms with Crippen LogP contribution in [0.5, 0.6) is 0 Å². The molecule has 0 amide bonds. The molecule has 4 aromatic carbocycles. The van der Waals surface area contributed by atoms with E-state index in [2.05, 4.69) is 127 Å². The zero-order chi connectivity index (χ0) is 30.5. The van der Waals surface area contributed by atoms with Crippen molar-refractivity contribution in [1.29, 1.82) is 0 Å². The minimum atomic E-state index is -2.41.